The largest absolute Gasteiger partial charge is 0.467 e. The van der Waals surface area contributed by atoms with Gasteiger partial charge in [0, 0.05) is 12.0 Å². The molecule has 1 amide bonds. The number of nitriles is 1. The van der Waals surface area contributed by atoms with Gasteiger partial charge in [-0.15, -0.1) is 0 Å². The second-order valence-corrected chi connectivity index (χ2v) is 4.44. The summed E-state index contributed by atoms with van der Waals surface area (Å²) in [6.45, 7) is 1.57. The maximum absolute atomic E-state index is 13.5. The van der Waals surface area contributed by atoms with Crippen LogP contribution >= 0.6 is 0 Å². The van der Waals surface area contributed by atoms with Gasteiger partial charge in [-0.3, -0.25) is 4.79 Å². The first-order valence-corrected chi connectivity index (χ1v) is 6.12. The standard InChI is InChI=1S/C14H14F2N2O3/c1-8(7-17)5-12(14(20)21-2)18-13(19)10-4-3-9(15)6-11(10)16/h3-4,6,8,12H,5H2,1-2H3,(H,18,19)/t8-,12-/m1/s1. The smallest absolute Gasteiger partial charge is 0.328 e. The van der Waals surface area contributed by atoms with E-state index in [1.807, 2.05) is 6.07 Å². The molecule has 0 fully saturated rings. The van der Waals surface area contributed by atoms with Crippen molar-refractivity contribution in [3.8, 4) is 6.07 Å². The van der Waals surface area contributed by atoms with E-state index in [0.717, 1.165) is 19.2 Å². The highest BCUT2D eigenvalue weighted by Gasteiger charge is 2.25. The third-order valence-corrected chi connectivity index (χ3v) is 2.78. The van der Waals surface area contributed by atoms with Gasteiger partial charge in [0.1, 0.15) is 17.7 Å². The van der Waals surface area contributed by atoms with Crippen molar-refractivity contribution >= 4 is 11.9 Å². The fourth-order valence-corrected chi connectivity index (χ4v) is 1.67. The average molecular weight is 296 g/mol. The summed E-state index contributed by atoms with van der Waals surface area (Å²) in [5.41, 5.74) is -0.394. The third-order valence-electron chi connectivity index (χ3n) is 2.78. The van der Waals surface area contributed by atoms with Crippen LogP contribution in [0, 0.1) is 28.9 Å². The molecule has 5 nitrogen and oxygen atoms in total. The van der Waals surface area contributed by atoms with Crippen molar-refractivity contribution in [1.29, 1.82) is 5.26 Å². The van der Waals surface area contributed by atoms with Gasteiger partial charge < -0.3 is 10.1 Å². The Kier molecular flexibility index (Phi) is 5.79. The molecule has 0 spiro atoms. The monoisotopic (exact) mass is 296 g/mol. The van der Waals surface area contributed by atoms with Crippen LogP contribution in [-0.2, 0) is 9.53 Å². The molecule has 21 heavy (non-hydrogen) atoms. The molecule has 0 saturated heterocycles. The Morgan fingerprint density at radius 1 is 1.43 bits per heavy atom. The Bertz CT molecular complexity index is 584. The highest BCUT2D eigenvalue weighted by Crippen LogP contribution is 2.12. The highest BCUT2D eigenvalue weighted by molar-refractivity contribution is 5.97. The molecule has 0 aromatic heterocycles. The summed E-state index contributed by atoms with van der Waals surface area (Å²) in [4.78, 5) is 23.5. The van der Waals surface area contributed by atoms with Crippen LogP contribution in [0.4, 0.5) is 8.78 Å². The van der Waals surface area contributed by atoms with E-state index in [-0.39, 0.29) is 6.42 Å². The number of nitrogens with zero attached hydrogens (tertiary/aromatic N) is 1. The van der Waals surface area contributed by atoms with Crippen molar-refractivity contribution in [1.82, 2.24) is 5.32 Å². The zero-order valence-electron chi connectivity index (χ0n) is 11.5. The molecular formula is C14H14F2N2O3. The minimum absolute atomic E-state index is 0.0255. The first-order chi connectivity index (χ1) is 9.88. The molecule has 2 atom stereocenters. The number of rotatable bonds is 5. The van der Waals surface area contributed by atoms with Crippen molar-refractivity contribution < 1.29 is 23.1 Å². The number of carbonyl (C=O) groups is 2. The number of hydrogen-bond acceptors (Lipinski definition) is 4. The molecule has 0 aliphatic carbocycles. The lowest BCUT2D eigenvalue weighted by Gasteiger charge is -2.17. The Morgan fingerprint density at radius 3 is 2.62 bits per heavy atom. The number of ether oxygens (including phenoxy) is 1. The molecule has 0 unspecified atom stereocenters. The van der Waals surface area contributed by atoms with E-state index < -0.39 is 41.0 Å². The van der Waals surface area contributed by atoms with Crippen LogP contribution in [0.25, 0.3) is 0 Å². The summed E-state index contributed by atoms with van der Waals surface area (Å²) in [5, 5.41) is 11.0. The van der Waals surface area contributed by atoms with E-state index >= 15 is 0 Å². The zero-order chi connectivity index (χ0) is 16.0. The molecule has 7 heteroatoms. The molecule has 0 heterocycles. The minimum atomic E-state index is -1.08. The molecule has 1 aromatic rings. The molecule has 1 rings (SSSR count). The van der Waals surface area contributed by atoms with Crippen molar-refractivity contribution in [2.24, 2.45) is 5.92 Å². The van der Waals surface area contributed by atoms with Gasteiger partial charge in [-0.05, 0) is 25.5 Å². The predicted molar refractivity (Wildman–Crippen MR) is 69.0 cm³/mol. The lowest BCUT2D eigenvalue weighted by Crippen LogP contribution is -2.42. The van der Waals surface area contributed by atoms with Gasteiger partial charge in [-0.2, -0.15) is 5.26 Å². The predicted octanol–water partition coefficient (Wildman–Crippen LogP) is 1.79. The number of nitrogens with one attached hydrogen (secondary N) is 1. The van der Waals surface area contributed by atoms with Crippen molar-refractivity contribution in [2.45, 2.75) is 19.4 Å². The number of hydrogen-bond donors (Lipinski definition) is 1. The normalized spacial score (nSPS) is 12.9. The summed E-state index contributed by atoms with van der Waals surface area (Å²) in [6, 6.07) is 3.32. The molecular weight excluding hydrogens is 282 g/mol. The van der Waals surface area contributed by atoms with Gasteiger partial charge in [-0.1, -0.05) is 0 Å². The topological polar surface area (TPSA) is 79.2 Å². The highest BCUT2D eigenvalue weighted by atomic mass is 19.1. The van der Waals surface area contributed by atoms with E-state index in [1.165, 1.54) is 0 Å². The Labute approximate surface area is 120 Å². The SMILES string of the molecule is COC(=O)[C@@H](C[C@@H](C)C#N)NC(=O)c1ccc(F)cc1F. The molecule has 0 aliphatic heterocycles. The van der Waals surface area contributed by atoms with E-state index in [4.69, 9.17) is 5.26 Å². The van der Waals surface area contributed by atoms with Crippen LogP contribution in [0.2, 0.25) is 0 Å². The first kappa shape index (κ1) is 16.6. The second kappa shape index (κ2) is 7.33. The summed E-state index contributed by atoms with van der Waals surface area (Å²) in [7, 11) is 1.14. The van der Waals surface area contributed by atoms with Crippen LogP contribution in [0.3, 0.4) is 0 Å². The maximum Gasteiger partial charge on any atom is 0.328 e. The Hall–Kier alpha value is -2.49. The van der Waals surface area contributed by atoms with E-state index in [9.17, 15) is 18.4 Å². The maximum atomic E-state index is 13.5. The summed E-state index contributed by atoms with van der Waals surface area (Å²) in [5.74, 6) is -3.98. The minimum Gasteiger partial charge on any atom is -0.467 e. The van der Waals surface area contributed by atoms with Crippen molar-refractivity contribution in [3.63, 3.8) is 0 Å². The van der Waals surface area contributed by atoms with Crippen LogP contribution in [0.1, 0.15) is 23.7 Å². The number of methoxy groups -OCH3 is 1. The van der Waals surface area contributed by atoms with Gasteiger partial charge >= 0.3 is 5.97 Å². The molecule has 0 bridgehead atoms. The summed E-state index contributed by atoms with van der Waals surface area (Å²) in [6.07, 6.45) is 0.0255. The molecule has 1 N–H and O–H groups in total. The number of carbonyl (C=O) groups excluding carboxylic acids is 2. The van der Waals surface area contributed by atoms with Crippen LogP contribution in [0.15, 0.2) is 18.2 Å². The second-order valence-electron chi connectivity index (χ2n) is 4.44. The van der Waals surface area contributed by atoms with Crippen LogP contribution in [-0.4, -0.2) is 25.0 Å². The number of benzene rings is 1. The quantitative estimate of drug-likeness (QED) is 0.840. The first-order valence-electron chi connectivity index (χ1n) is 6.12. The van der Waals surface area contributed by atoms with Crippen LogP contribution in [0.5, 0.6) is 0 Å². The number of amides is 1. The van der Waals surface area contributed by atoms with Gasteiger partial charge in [0.05, 0.1) is 18.7 Å². The van der Waals surface area contributed by atoms with E-state index in [2.05, 4.69) is 10.1 Å². The van der Waals surface area contributed by atoms with Gasteiger partial charge in [-0.25, -0.2) is 13.6 Å². The molecule has 0 aliphatic rings. The average Bonchev–Trinajstić information content (AvgIpc) is 2.45. The lowest BCUT2D eigenvalue weighted by molar-refractivity contribution is -0.143. The third kappa shape index (κ3) is 4.53. The Morgan fingerprint density at radius 2 is 2.10 bits per heavy atom. The van der Waals surface area contributed by atoms with Gasteiger partial charge in [0.15, 0.2) is 0 Å². The summed E-state index contributed by atoms with van der Waals surface area (Å²) >= 11 is 0. The van der Waals surface area contributed by atoms with Gasteiger partial charge in [0.25, 0.3) is 5.91 Å². The van der Waals surface area contributed by atoms with Crippen molar-refractivity contribution in [2.75, 3.05) is 7.11 Å². The zero-order valence-corrected chi connectivity index (χ0v) is 11.5. The van der Waals surface area contributed by atoms with Crippen molar-refractivity contribution in [3.05, 3.63) is 35.4 Å². The molecule has 0 radical (unpaired) electrons. The number of esters is 1. The lowest BCUT2D eigenvalue weighted by atomic mass is 10.0. The summed E-state index contributed by atoms with van der Waals surface area (Å²) < 4.78 is 30.8. The number of halogens is 2. The molecule has 0 saturated carbocycles. The van der Waals surface area contributed by atoms with Gasteiger partial charge in [0.2, 0.25) is 0 Å². The molecule has 112 valence electrons. The van der Waals surface area contributed by atoms with E-state index in [0.29, 0.717) is 6.07 Å². The van der Waals surface area contributed by atoms with Crippen LogP contribution < -0.4 is 5.32 Å². The molecule has 1 aromatic carbocycles. The fraction of sp³-hybridized carbons (Fsp3) is 0.357. The fourth-order valence-electron chi connectivity index (χ4n) is 1.67. The van der Waals surface area contributed by atoms with E-state index in [1.54, 1.807) is 6.92 Å². The Balaban J connectivity index is 2.90.